The van der Waals surface area contributed by atoms with E-state index in [0.717, 1.165) is 17.8 Å². The zero-order valence-corrected chi connectivity index (χ0v) is 13.4. The molecule has 2 aliphatic carbocycles. The summed E-state index contributed by atoms with van der Waals surface area (Å²) in [6, 6.07) is 2.42. The third-order valence-corrected chi connectivity index (χ3v) is 6.12. The van der Waals surface area contributed by atoms with E-state index in [0.29, 0.717) is 17.4 Å². The molecule has 2 saturated carbocycles. The number of nitrogens with zero attached hydrogens (tertiary/aromatic N) is 3. The Labute approximate surface area is 131 Å². The molecule has 5 rings (SSSR count). The molecule has 1 saturated heterocycles. The van der Waals surface area contributed by atoms with Crippen LogP contribution < -0.4 is 0 Å². The van der Waals surface area contributed by atoms with Gasteiger partial charge in [0, 0.05) is 55.5 Å². The number of aromatic nitrogens is 1. The number of carbonyl (C=O) groups excluding carboxylic acids is 1. The molecule has 0 bridgehead atoms. The molecule has 0 radical (unpaired) electrons. The minimum absolute atomic E-state index is 0.176. The standard InChI is InChI=1S/C18H23N3O/c1-11(21-9-18(10-21)5-6-18)15-7-13-14(8-20(2)17(13)22)16(19-15)12-3-4-12/h7,11-12H,3-6,8-10H2,1-2H3. The van der Waals surface area contributed by atoms with E-state index in [2.05, 4.69) is 17.9 Å². The summed E-state index contributed by atoms with van der Waals surface area (Å²) in [5.41, 5.74) is 5.12. The van der Waals surface area contributed by atoms with Gasteiger partial charge in [0.1, 0.15) is 0 Å². The zero-order chi connectivity index (χ0) is 15.1. The van der Waals surface area contributed by atoms with E-state index < -0.39 is 0 Å². The van der Waals surface area contributed by atoms with Crippen LogP contribution in [0.1, 0.15) is 71.9 Å². The van der Waals surface area contributed by atoms with Crippen molar-refractivity contribution in [1.82, 2.24) is 14.8 Å². The third kappa shape index (κ3) is 1.79. The first-order valence-corrected chi connectivity index (χ1v) is 8.60. The molecular weight excluding hydrogens is 274 g/mol. The number of amides is 1. The van der Waals surface area contributed by atoms with Gasteiger partial charge in [0.25, 0.3) is 5.91 Å². The van der Waals surface area contributed by atoms with Gasteiger partial charge in [0.15, 0.2) is 0 Å². The maximum atomic E-state index is 12.4. The maximum absolute atomic E-state index is 12.4. The highest BCUT2D eigenvalue weighted by Gasteiger charge is 2.53. The van der Waals surface area contributed by atoms with Crippen LogP contribution in [0.4, 0.5) is 0 Å². The van der Waals surface area contributed by atoms with E-state index in [9.17, 15) is 4.79 Å². The lowest BCUT2D eigenvalue weighted by Gasteiger charge is -2.43. The molecular formula is C18H23N3O. The summed E-state index contributed by atoms with van der Waals surface area (Å²) in [7, 11) is 1.90. The Morgan fingerprint density at radius 2 is 2.05 bits per heavy atom. The molecule has 3 fully saturated rings. The Morgan fingerprint density at radius 3 is 2.68 bits per heavy atom. The largest absolute Gasteiger partial charge is 0.337 e. The second-order valence-electron chi connectivity index (χ2n) is 7.97. The summed E-state index contributed by atoms with van der Waals surface area (Å²) in [6.45, 7) is 5.44. The number of pyridine rings is 1. The van der Waals surface area contributed by atoms with E-state index in [1.165, 1.54) is 50.0 Å². The Hall–Kier alpha value is -1.42. The average molecular weight is 297 g/mol. The molecule has 1 aromatic heterocycles. The van der Waals surface area contributed by atoms with Gasteiger partial charge in [-0.2, -0.15) is 0 Å². The van der Waals surface area contributed by atoms with Gasteiger partial charge in [-0.05, 0) is 44.1 Å². The number of hydrogen-bond donors (Lipinski definition) is 0. The SMILES string of the molecule is CC(c1cc2c(c(C3CC3)n1)CN(C)C2=O)N1CC2(CC2)C1. The lowest BCUT2D eigenvalue weighted by molar-refractivity contribution is 0.0411. The highest BCUT2D eigenvalue weighted by atomic mass is 16.2. The average Bonchev–Trinajstić information content (AvgIpc) is 3.35. The van der Waals surface area contributed by atoms with Gasteiger partial charge in [-0.25, -0.2) is 0 Å². The monoisotopic (exact) mass is 297 g/mol. The van der Waals surface area contributed by atoms with Crippen molar-refractivity contribution < 1.29 is 4.79 Å². The van der Waals surface area contributed by atoms with Crippen molar-refractivity contribution >= 4 is 5.91 Å². The van der Waals surface area contributed by atoms with Gasteiger partial charge in [0.05, 0.1) is 5.69 Å². The van der Waals surface area contributed by atoms with Crippen LogP contribution in [0.15, 0.2) is 6.07 Å². The molecule has 1 aromatic rings. The van der Waals surface area contributed by atoms with Crippen LogP contribution in [0.2, 0.25) is 0 Å². The van der Waals surface area contributed by atoms with E-state index in [1.807, 2.05) is 11.9 Å². The summed E-state index contributed by atoms with van der Waals surface area (Å²) in [5, 5.41) is 0. The van der Waals surface area contributed by atoms with Crippen LogP contribution in [0.3, 0.4) is 0 Å². The van der Waals surface area contributed by atoms with Gasteiger partial charge in [-0.15, -0.1) is 0 Å². The Kier molecular flexibility index (Phi) is 2.44. The quantitative estimate of drug-likeness (QED) is 0.860. The zero-order valence-electron chi connectivity index (χ0n) is 13.4. The summed E-state index contributed by atoms with van der Waals surface area (Å²) in [5.74, 6) is 0.779. The Bertz CT molecular complexity index is 667. The van der Waals surface area contributed by atoms with Crippen molar-refractivity contribution in [1.29, 1.82) is 0 Å². The number of likely N-dealkylation sites (tertiary alicyclic amines) is 1. The van der Waals surface area contributed by atoms with Crippen LogP contribution >= 0.6 is 0 Å². The van der Waals surface area contributed by atoms with Gasteiger partial charge >= 0.3 is 0 Å². The third-order valence-electron chi connectivity index (χ3n) is 6.12. The summed E-state index contributed by atoms with van der Waals surface area (Å²) in [6.07, 6.45) is 5.29. The molecule has 0 N–H and O–H groups in total. The first kappa shape index (κ1) is 13.1. The van der Waals surface area contributed by atoms with Gasteiger partial charge < -0.3 is 4.90 Å². The Balaban J connectivity index is 1.50. The van der Waals surface area contributed by atoms with Crippen molar-refractivity contribution in [2.24, 2.45) is 5.41 Å². The van der Waals surface area contributed by atoms with Crippen LogP contribution in [-0.2, 0) is 6.54 Å². The molecule has 0 aromatic carbocycles. The number of fused-ring (bicyclic) bond motifs is 1. The fourth-order valence-corrected chi connectivity index (χ4v) is 4.16. The molecule has 116 valence electrons. The minimum atomic E-state index is 0.176. The smallest absolute Gasteiger partial charge is 0.254 e. The van der Waals surface area contributed by atoms with Crippen LogP contribution in [-0.4, -0.2) is 40.8 Å². The molecule has 1 atom stereocenters. The lowest BCUT2D eigenvalue weighted by atomic mass is 9.93. The molecule has 22 heavy (non-hydrogen) atoms. The highest BCUT2D eigenvalue weighted by molar-refractivity contribution is 5.98. The van der Waals surface area contributed by atoms with Crippen LogP contribution in [0.5, 0.6) is 0 Å². The number of carbonyl (C=O) groups is 1. The second-order valence-corrected chi connectivity index (χ2v) is 7.97. The summed E-state index contributed by atoms with van der Waals surface area (Å²) >= 11 is 0. The normalized spacial score (nSPS) is 27.0. The van der Waals surface area contributed by atoms with E-state index in [4.69, 9.17) is 4.98 Å². The molecule has 2 aliphatic heterocycles. The molecule has 4 nitrogen and oxygen atoms in total. The van der Waals surface area contributed by atoms with Gasteiger partial charge in [-0.1, -0.05) is 0 Å². The predicted octanol–water partition coefficient (Wildman–Crippen LogP) is 2.70. The summed E-state index contributed by atoms with van der Waals surface area (Å²) < 4.78 is 0. The Morgan fingerprint density at radius 1 is 1.32 bits per heavy atom. The van der Waals surface area contributed by atoms with Gasteiger partial charge in [-0.3, -0.25) is 14.7 Å². The van der Waals surface area contributed by atoms with Crippen molar-refractivity contribution in [2.45, 2.75) is 51.1 Å². The lowest BCUT2D eigenvalue weighted by Crippen LogP contribution is -2.49. The molecule has 1 spiro atoms. The predicted molar refractivity (Wildman–Crippen MR) is 83.7 cm³/mol. The summed E-state index contributed by atoms with van der Waals surface area (Å²) in [4.78, 5) is 21.8. The molecule has 1 amide bonds. The highest BCUT2D eigenvalue weighted by Crippen LogP contribution is 2.55. The number of hydrogen-bond acceptors (Lipinski definition) is 3. The molecule has 3 heterocycles. The maximum Gasteiger partial charge on any atom is 0.254 e. The van der Waals surface area contributed by atoms with Crippen LogP contribution in [0.25, 0.3) is 0 Å². The fourth-order valence-electron chi connectivity index (χ4n) is 4.16. The van der Waals surface area contributed by atoms with Crippen molar-refractivity contribution in [2.75, 3.05) is 20.1 Å². The topological polar surface area (TPSA) is 36.4 Å². The van der Waals surface area contributed by atoms with E-state index in [1.54, 1.807) is 0 Å². The first-order chi connectivity index (χ1) is 10.6. The van der Waals surface area contributed by atoms with Crippen molar-refractivity contribution in [3.05, 3.63) is 28.6 Å². The second kappa shape index (κ2) is 4.10. The van der Waals surface area contributed by atoms with Crippen LogP contribution in [0, 0.1) is 5.41 Å². The van der Waals surface area contributed by atoms with Crippen molar-refractivity contribution in [3.63, 3.8) is 0 Å². The first-order valence-electron chi connectivity index (χ1n) is 8.60. The minimum Gasteiger partial charge on any atom is -0.337 e. The molecule has 4 heteroatoms. The van der Waals surface area contributed by atoms with Gasteiger partial charge in [0.2, 0.25) is 0 Å². The van der Waals surface area contributed by atoms with Crippen molar-refractivity contribution in [3.8, 4) is 0 Å². The number of rotatable bonds is 3. The van der Waals surface area contributed by atoms with E-state index >= 15 is 0 Å². The fraction of sp³-hybridized carbons (Fsp3) is 0.667. The van der Waals surface area contributed by atoms with E-state index in [-0.39, 0.29) is 5.91 Å². The molecule has 4 aliphatic rings. The molecule has 1 unspecified atom stereocenters.